The highest BCUT2D eigenvalue weighted by molar-refractivity contribution is 5.94. The first-order valence-electron chi connectivity index (χ1n) is 8.09. The molecule has 0 radical (unpaired) electrons. The molecule has 1 saturated heterocycles. The number of benzene rings is 1. The average Bonchev–Trinajstić information content (AvgIpc) is 2.60. The molecule has 0 atom stereocenters. The lowest BCUT2D eigenvalue weighted by atomic mass is 10.1. The van der Waals surface area contributed by atoms with Crippen molar-refractivity contribution in [1.82, 2.24) is 9.47 Å². The normalized spacial score (nSPS) is 14.9. The molecule has 0 bridgehead atoms. The fraction of sp³-hybridized carbons (Fsp3) is 0.353. The van der Waals surface area contributed by atoms with E-state index in [4.69, 9.17) is 5.11 Å². The van der Waals surface area contributed by atoms with Crippen LogP contribution < -0.4 is 10.3 Å². The number of carboxylic acid groups (broad SMARTS) is 1. The van der Waals surface area contributed by atoms with Crippen LogP contribution in [0.3, 0.4) is 0 Å². The average molecular weight is 383 g/mol. The van der Waals surface area contributed by atoms with E-state index in [9.17, 15) is 23.2 Å². The van der Waals surface area contributed by atoms with Crippen molar-refractivity contribution in [2.24, 2.45) is 0 Å². The second-order valence-electron chi connectivity index (χ2n) is 6.21. The number of rotatable bonds is 4. The Bertz CT molecular complexity index is 1010. The second-order valence-corrected chi connectivity index (χ2v) is 6.21. The van der Waals surface area contributed by atoms with E-state index in [-0.39, 0.29) is 25.5 Å². The molecule has 1 aliphatic rings. The fourth-order valence-corrected chi connectivity index (χ4v) is 3.14. The van der Waals surface area contributed by atoms with Gasteiger partial charge < -0.3 is 19.5 Å². The number of hydrogen-bond donors (Lipinski definition) is 1. The molecule has 0 saturated carbocycles. The Morgan fingerprint density at radius 3 is 2.56 bits per heavy atom. The summed E-state index contributed by atoms with van der Waals surface area (Å²) in [6, 6.07) is 0.736. The van der Waals surface area contributed by atoms with Crippen LogP contribution in [0.4, 0.5) is 18.9 Å². The molecule has 1 N–H and O–H groups in total. The number of carbonyl (C=O) groups excluding carboxylic acids is 1. The minimum Gasteiger partial charge on any atom is -0.477 e. The predicted molar refractivity (Wildman–Crippen MR) is 90.9 cm³/mol. The van der Waals surface area contributed by atoms with Crippen LogP contribution in [0.1, 0.15) is 10.4 Å². The number of carbonyl (C=O) groups is 2. The van der Waals surface area contributed by atoms with Gasteiger partial charge in [-0.1, -0.05) is 0 Å². The Kier molecular flexibility index (Phi) is 4.81. The van der Waals surface area contributed by atoms with Gasteiger partial charge in [0.25, 0.3) is 0 Å². The molecule has 10 heteroatoms. The van der Waals surface area contributed by atoms with Crippen molar-refractivity contribution in [3.05, 3.63) is 39.7 Å². The highest BCUT2D eigenvalue weighted by Crippen LogP contribution is 2.30. The molecular formula is C17H16F3N3O4. The van der Waals surface area contributed by atoms with Gasteiger partial charge in [-0.2, -0.15) is 0 Å². The molecule has 2 aromatic rings. The number of nitrogens with zero attached hydrogens (tertiary/aromatic N) is 3. The number of fused-ring (bicyclic) bond motifs is 1. The molecule has 1 aliphatic heterocycles. The van der Waals surface area contributed by atoms with Crippen molar-refractivity contribution in [3.63, 3.8) is 0 Å². The number of anilines is 1. The Labute approximate surface area is 151 Å². The van der Waals surface area contributed by atoms with Crippen molar-refractivity contribution < 1.29 is 27.9 Å². The first-order valence-corrected chi connectivity index (χ1v) is 8.09. The molecule has 27 heavy (non-hydrogen) atoms. The molecule has 0 spiro atoms. The highest BCUT2D eigenvalue weighted by Gasteiger charge is 2.29. The standard InChI is InChI=1S/C17H16F3N3O4/c1-21-4-5-23(8-12(21)24)15-11(19)6-9-14(13(15)20)22(3-2-18)7-10(16(9)25)17(26)27/h6-7H,2-5,8H2,1H3,(H,26,27). The smallest absolute Gasteiger partial charge is 0.341 e. The van der Waals surface area contributed by atoms with Crippen LogP contribution in [0.5, 0.6) is 0 Å². The number of pyridine rings is 1. The topological polar surface area (TPSA) is 82.8 Å². The third kappa shape index (κ3) is 3.11. The molecule has 1 fully saturated rings. The Hall–Kier alpha value is -3.04. The van der Waals surface area contributed by atoms with Crippen LogP contribution in [-0.2, 0) is 11.3 Å². The number of aryl methyl sites for hydroxylation is 1. The minimum atomic E-state index is -1.58. The summed E-state index contributed by atoms with van der Waals surface area (Å²) in [7, 11) is 1.57. The van der Waals surface area contributed by atoms with Gasteiger partial charge in [0.05, 0.1) is 24.0 Å². The van der Waals surface area contributed by atoms with E-state index in [2.05, 4.69) is 0 Å². The number of likely N-dealkylation sites (N-methyl/N-ethyl adjacent to an activating group) is 1. The van der Waals surface area contributed by atoms with Crippen LogP contribution in [-0.4, -0.2) is 59.8 Å². The predicted octanol–water partition coefficient (Wildman–Crippen LogP) is 1.23. The fourth-order valence-electron chi connectivity index (χ4n) is 3.14. The van der Waals surface area contributed by atoms with Gasteiger partial charge in [0.15, 0.2) is 5.82 Å². The third-order valence-corrected chi connectivity index (χ3v) is 4.56. The van der Waals surface area contributed by atoms with Gasteiger partial charge in [0.1, 0.15) is 23.7 Å². The maximum Gasteiger partial charge on any atom is 0.341 e. The summed E-state index contributed by atoms with van der Waals surface area (Å²) in [5.74, 6) is -4.14. The maximum atomic E-state index is 15.2. The molecule has 0 unspecified atom stereocenters. The summed E-state index contributed by atoms with van der Waals surface area (Å²) in [5.41, 5.74) is -2.67. The Morgan fingerprint density at radius 2 is 1.96 bits per heavy atom. The van der Waals surface area contributed by atoms with E-state index in [0.29, 0.717) is 0 Å². The van der Waals surface area contributed by atoms with Crippen LogP contribution in [0, 0.1) is 11.6 Å². The highest BCUT2D eigenvalue weighted by atomic mass is 19.1. The minimum absolute atomic E-state index is 0.169. The van der Waals surface area contributed by atoms with Crippen molar-refractivity contribution in [1.29, 1.82) is 0 Å². The summed E-state index contributed by atoms with van der Waals surface area (Å²) in [6.07, 6.45) is 0.840. The van der Waals surface area contributed by atoms with E-state index in [1.54, 1.807) is 7.05 Å². The van der Waals surface area contributed by atoms with Crippen molar-refractivity contribution in [3.8, 4) is 0 Å². The third-order valence-electron chi connectivity index (χ3n) is 4.56. The molecule has 3 rings (SSSR count). The van der Waals surface area contributed by atoms with Gasteiger partial charge >= 0.3 is 5.97 Å². The lowest BCUT2D eigenvalue weighted by Crippen LogP contribution is -2.49. The van der Waals surface area contributed by atoms with Gasteiger partial charge in [-0.15, -0.1) is 0 Å². The Morgan fingerprint density at radius 1 is 1.26 bits per heavy atom. The monoisotopic (exact) mass is 383 g/mol. The van der Waals surface area contributed by atoms with Gasteiger partial charge in [-0.3, -0.25) is 9.59 Å². The van der Waals surface area contributed by atoms with E-state index in [1.807, 2.05) is 0 Å². The molecular weight excluding hydrogens is 367 g/mol. The van der Waals surface area contributed by atoms with E-state index >= 15 is 4.39 Å². The number of piperazine rings is 1. The molecule has 144 valence electrons. The van der Waals surface area contributed by atoms with Crippen LogP contribution >= 0.6 is 0 Å². The molecule has 0 aliphatic carbocycles. The van der Waals surface area contributed by atoms with Crippen molar-refractivity contribution in [2.75, 3.05) is 38.3 Å². The van der Waals surface area contributed by atoms with Crippen LogP contribution in [0.2, 0.25) is 0 Å². The molecule has 1 aromatic carbocycles. The van der Waals surface area contributed by atoms with Gasteiger partial charge in [-0.05, 0) is 6.07 Å². The summed E-state index contributed by atoms with van der Waals surface area (Å²) in [4.78, 5) is 38.1. The number of amides is 1. The zero-order valence-electron chi connectivity index (χ0n) is 14.3. The summed E-state index contributed by atoms with van der Waals surface area (Å²) >= 11 is 0. The molecule has 1 aromatic heterocycles. The second kappa shape index (κ2) is 6.93. The van der Waals surface area contributed by atoms with Gasteiger partial charge in [0.2, 0.25) is 11.3 Å². The molecule has 1 amide bonds. The summed E-state index contributed by atoms with van der Waals surface area (Å²) < 4.78 is 43.7. The summed E-state index contributed by atoms with van der Waals surface area (Å²) in [5, 5.41) is 8.63. The lowest BCUT2D eigenvalue weighted by molar-refractivity contribution is -0.129. The first kappa shape index (κ1) is 18.7. The maximum absolute atomic E-state index is 15.2. The first-order chi connectivity index (χ1) is 12.8. The molecule has 7 nitrogen and oxygen atoms in total. The van der Waals surface area contributed by atoms with E-state index < -0.39 is 58.4 Å². The number of hydrogen-bond acceptors (Lipinski definition) is 4. The summed E-state index contributed by atoms with van der Waals surface area (Å²) in [6.45, 7) is -1.19. The Balaban J connectivity index is 2.28. The quantitative estimate of drug-likeness (QED) is 0.859. The molecule has 2 heterocycles. The van der Waals surface area contributed by atoms with Gasteiger partial charge in [-0.25, -0.2) is 18.0 Å². The number of aromatic carboxylic acids is 1. The number of aromatic nitrogens is 1. The van der Waals surface area contributed by atoms with Crippen LogP contribution in [0.15, 0.2) is 17.1 Å². The number of halogens is 3. The van der Waals surface area contributed by atoms with Crippen molar-refractivity contribution >= 4 is 28.5 Å². The van der Waals surface area contributed by atoms with Crippen LogP contribution in [0.25, 0.3) is 10.9 Å². The zero-order valence-corrected chi connectivity index (χ0v) is 14.3. The van der Waals surface area contributed by atoms with Gasteiger partial charge in [0, 0.05) is 26.3 Å². The SMILES string of the molecule is CN1CCN(c2c(F)cc3c(=O)c(C(=O)O)cn(CCF)c3c2F)CC1=O. The number of alkyl halides is 1. The van der Waals surface area contributed by atoms with E-state index in [0.717, 1.165) is 16.8 Å². The zero-order chi connectivity index (χ0) is 19.9. The van der Waals surface area contributed by atoms with E-state index in [1.165, 1.54) is 9.80 Å². The largest absolute Gasteiger partial charge is 0.477 e. The van der Waals surface area contributed by atoms with Crippen molar-refractivity contribution in [2.45, 2.75) is 6.54 Å². The number of carboxylic acids is 1. The lowest BCUT2D eigenvalue weighted by Gasteiger charge is -2.34.